The fourth-order valence-electron chi connectivity index (χ4n) is 2.14. The van der Waals surface area contributed by atoms with Crippen molar-refractivity contribution >= 4 is 24.0 Å². The van der Waals surface area contributed by atoms with Gasteiger partial charge in [-0.25, -0.2) is 0 Å². The molecule has 0 saturated carbocycles. The van der Waals surface area contributed by atoms with E-state index in [2.05, 4.69) is 16.8 Å². The molecule has 1 aliphatic heterocycles. The first-order chi connectivity index (χ1) is 8.61. The van der Waals surface area contributed by atoms with Gasteiger partial charge in [0.05, 0.1) is 12.8 Å². The summed E-state index contributed by atoms with van der Waals surface area (Å²) in [6.07, 6.45) is 0. The number of nitrogens with zero attached hydrogens (tertiary/aromatic N) is 2. The van der Waals surface area contributed by atoms with Crippen LogP contribution in [-0.4, -0.2) is 51.1 Å². The maximum Gasteiger partial charge on any atom is 0.248 e. The molecule has 0 unspecified atom stereocenters. The number of hydrogen-bond donors (Lipinski definition) is 1. The first-order valence-corrected chi connectivity index (χ1v) is 6.03. The number of likely N-dealkylation sites (N-methyl/N-ethyl adjacent to an activating group) is 1. The van der Waals surface area contributed by atoms with Gasteiger partial charge in [-0.15, -0.1) is 12.4 Å². The Morgan fingerprint density at radius 3 is 2.42 bits per heavy atom. The number of rotatable bonds is 3. The SMILES string of the molecule is COc1ccc(C(N)=O)cc1N1CCN(C)CC1.Cl. The highest BCUT2D eigenvalue weighted by molar-refractivity contribution is 5.94. The third-order valence-electron chi connectivity index (χ3n) is 3.31. The van der Waals surface area contributed by atoms with Crippen LogP contribution < -0.4 is 15.4 Å². The molecule has 0 bridgehead atoms. The van der Waals surface area contributed by atoms with E-state index in [0.717, 1.165) is 37.6 Å². The van der Waals surface area contributed by atoms with Gasteiger partial charge < -0.3 is 20.3 Å². The molecule has 1 aromatic carbocycles. The number of anilines is 1. The Bertz CT molecular complexity index is 446. The normalized spacial score (nSPS) is 15.8. The number of hydrogen-bond acceptors (Lipinski definition) is 4. The minimum Gasteiger partial charge on any atom is -0.495 e. The molecule has 1 aliphatic rings. The van der Waals surface area contributed by atoms with Crippen molar-refractivity contribution in [1.82, 2.24) is 4.90 Å². The van der Waals surface area contributed by atoms with Gasteiger partial charge in [0, 0.05) is 31.7 Å². The average Bonchev–Trinajstić information content (AvgIpc) is 2.39. The van der Waals surface area contributed by atoms with Crippen molar-refractivity contribution in [1.29, 1.82) is 0 Å². The van der Waals surface area contributed by atoms with Gasteiger partial charge >= 0.3 is 0 Å². The molecule has 1 heterocycles. The molecule has 2 rings (SSSR count). The molecule has 1 aromatic rings. The molecule has 1 fully saturated rings. The number of ether oxygens (including phenoxy) is 1. The second-order valence-electron chi connectivity index (χ2n) is 4.54. The van der Waals surface area contributed by atoms with Crippen molar-refractivity contribution in [3.8, 4) is 5.75 Å². The van der Waals surface area contributed by atoms with Crippen LogP contribution in [0.3, 0.4) is 0 Å². The molecule has 0 aliphatic carbocycles. The Hall–Kier alpha value is -1.46. The van der Waals surface area contributed by atoms with Crippen LogP contribution in [0, 0.1) is 0 Å². The summed E-state index contributed by atoms with van der Waals surface area (Å²) in [6.45, 7) is 3.86. The zero-order valence-corrected chi connectivity index (χ0v) is 12.1. The second kappa shape index (κ2) is 6.63. The first kappa shape index (κ1) is 15.6. The van der Waals surface area contributed by atoms with Crippen molar-refractivity contribution in [3.63, 3.8) is 0 Å². The van der Waals surface area contributed by atoms with E-state index in [4.69, 9.17) is 10.5 Å². The molecule has 0 radical (unpaired) electrons. The van der Waals surface area contributed by atoms with Crippen LogP contribution in [0.2, 0.25) is 0 Å². The molecule has 0 spiro atoms. The number of methoxy groups -OCH3 is 1. The van der Waals surface area contributed by atoms with Gasteiger partial charge in [0.1, 0.15) is 5.75 Å². The van der Waals surface area contributed by atoms with Crippen LogP contribution in [0.1, 0.15) is 10.4 Å². The maximum absolute atomic E-state index is 11.2. The molecule has 1 amide bonds. The molecule has 19 heavy (non-hydrogen) atoms. The Kier molecular flexibility index (Phi) is 5.44. The summed E-state index contributed by atoms with van der Waals surface area (Å²) < 4.78 is 5.35. The topological polar surface area (TPSA) is 58.8 Å². The number of primary amides is 1. The van der Waals surface area contributed by atoms with Gasteiger partial charge in [0.2, 0.25) is 5.91 Å². The Morgan fingerprint density at radius 1 is 1.26 bits per heavy atom. The number of piperazine rings is 1. The average molecular weight is 286 g/mol. The highest BCUT2D eigenvalue weighted by Gasteiger charge is 2.18. The molecule has 6 heteroatoms. The van der Waals surface area contributed by atoms with Crippen LogP contribution >= 0.6 is 12.4 Å². The predicted octanol–water partition coefficient (Wildman–Crippen LogP) is 0.968. The van der Waals surface area contributed by atoms with Gasteiger partial charge in [0.25, 0.3) is 0 Å². The highest BCUT2D eigenvalue weighted by atomic mass is 35.5. The molecule has 2 N–H and O–H groups in total. The third-order valence-corrected chi connectivity index (χ3v) is 3.31. The van der Waals surface area contributed by atoms with Crippen molar-refractivity contribution < 1.29 is 9.53 Å². The van der Waals surface area contributed by atoms with Crippen molar-refractivity contribution in [3.05, 3.63) is 23.8 Å². The second-order valence-corrected chi connectivity index (χ2v) is 4.54. The number of halogens is 1. The largest absolute Gasteiger partial charge is 0.495 e. The van der Waals surface area contributed by atoms with E-state index >= 15 is 0 Å². The summed E-state index contributed by atoms with van der Waals surface area (Å²) in [7, 11) is 3.74. The van der Waals surface area contributed by atoms with Gasteiger partial charge in [-0.05, 0) is 25.2 Å². The van der Waals surface area contributed by atoms with E-state index in [1.54, 1.807) is 19.2 Å². The molecule has 0 atom stereocenters. The van der Waals surface area contributed by atoms with E-state index in [1.807, 2.05) is 6.07 Å². The molecular weight excluding hydrogens is 266 g/mol. The number of nitrogens with two attached hydrogens (primary N) is 1. The lowest BCUT2D eigenvalue weighted by Crippen LogP contribution is -2.44. The first-order valence-electron chi connectivity index (χ1n) is 6.03. The van der Waals surface area contributed by atoms with Gasteiger partial charge in [-0.1, -0.05) is 0 Å². The van der Waals surface area contributed by atoms with Gasteiger partial charge in [-0.2, -0.15) is 0 Å². The van der Waals surface area contributed by atoms with Crippen LogP contribution in [0.4, 0.5) is 5.69 Å². The van der Waals surface area contributed by atoms with E-state index in [0.29, 0.717) is 5.56 Å². The monoisotopic (exact) mass is 285 g/mol. The van der Waals surface area contributed by atoms with E-state index in [1.165, 1.54) is 0 Å². The lowest BCUT2D eigenvalue weighted by Gasteiger charge is -2.34. The number of amides is 1. The van der Waals surface area contributed by atoms with Gasteiger partial charge in [-0.3, -0.25) is 4.79 Å². The minimum absolute atomic E-state index is 0. The number of carbonyl (C=O) groups is 1. The summed E-state index contributed by atoms with van der Waals surface area (Å²) in [6, 6.07) is 5.31. The number of benzene rings is 1. The highest BCUT2D eigenvalue weighted by Crippen LogP contribution is 2.29. The quantitative estimate of drug-likeness (QED) is 0.899. The minimum atomic E-state index is -0.409. The Balaban J connectivity index is 0.00000180. The number of carbonyl (C=O) groups excluding carboxylic acids is 1. The summed E-state index contributed by atoms with van der Waals surface area (Å²) in [4.78, 5) is 15.7. The fourth-order valence-corrected chi connectivity index (χ4v) is 2.14. The standard InChI is InChI=1S/C13H19N3O2.ClH/c1-15-5-7-16(8-6-15)11-9-10(13(14)17)3-4-12(11)18-2;/h3-4,9H,5-8H2,1-2H3,(H2,14,17);1H. The maximum atomic E-state index is 11.2. The van der Waals surface area contributed by atoms with Crippen LogP contribution in [0.15, 0.2) is 18.2 Å². The van der Waals surface area contributed by atoms with Crippen molar-refractivity contribution in [2.45, 2.75) is 0 Å². The van der Waals surface area contributed by atoms with Crippen LogP contribution in [0.25, 0.3) is 0 Å². The summed E-state index contributed by atoms with van der Waals surface area (Å²) in [5.41, 5.74) is 6.78. The smallest absolute Gasteiger partial charge is 0.248 e. The molecule has 1 saturated heterocycles. The van der Waals surface area contributed by atoms with Crippen LogP contribution in [-0.2, 0) is 0 Å². The lowest BCUT2D eigenvalue weighted by atomic mass is 10.1. The van der Waals surface area contributed by atoms with E-state index < -0.39 is 5.91 Å². The molecule has 5 nitrogen and oxygen atoms in total. The van der Waals surface area contributed by atoms with E-state index in [9.17, 15) is 4.79 Å². The van der Waals surface area contributed by atoms with E-state index in [-0.39, 0.29) is 12.4 Å². The zero-order chi connectivity index (χ0) is 13.1. The summed E-state index contributed by atoms with van der Waals surface area (Å²) in [5.74, 6) is 0.373. The third kappa shape index (κ3) is 3.52. The van der Waals surface area contributed by atoms with Gasteiger partial charge in [0.15, 0.2) is 0 Å². The van der Waals surface area contributed by atoms with Crippen LogP contribution in [0.5, 0.6) is 5.75 Å². The predicted molar refractivity (Wildman–Crippen MR) is 78.5 cm³/mol. The Morgan fingerprint density at radius 2 is 1.89 bits per heavy atom. The fraction of sp³-hybridized carbons (Fsp3) is 0.462. The summed E-state index contributed by atoms with van der Waals surface area (Å²) >= 11 is 0. The molecular formula is C13H20ClN3O2. The Labute approximate surface area is 119 Å². The van der Waals surface area contributed by atoms with Crippen molar-refractivity contribution in [2.75, 3.05) is 45.2 Å². The lowest BCUT2D eigenvalue weighted by molar-refractivity contribution is 0.100. The van der Waals surface area contributed by atoms with Crippen molar-refractivity contribution in [2.24, 2.45) is 5.73 Å². The zero-order valence-electron chi connectivity index (χ0n) is 11.3. The molecule has 106 valence electrons. The summed E-state index contributed by atoms with van der Waals surface area (Å²) in [5, 5.41) is 0. The molecule has 0 aromatic heterocycles.